The van der Waals surface area contributed by atoms with Crippen molar-refractivity contribution in [2.75, 3.05) is 24.7 Å². The summed E-state index contributed by atoms with van der Waals surface area (Å²) in [5, 5.41) is 11.6. The highest BCUT2D eigenvalue weighted by molar-refractivity contribution is 6.31. The third-order valence-corrected chi connectivity index (χ3v) is 5.13. The van der Waals surface area contributed by atoms with Crippen LogP contribution in [-0.2, 0) is 10.4 Å². The summed E-state index contributed by atoms with van der Waals surface area (Å²) < 4.78 is 11.0. The van der Waals surface area contributed by atoms with Gasteiger partial charge in [-0.05, 0) is 43.3 Å². The van der Waals surface area contributed by atoms with E-state index in [1.807, 2.05) is 6.92 Å². The van der Waals surface area contributed by atoms with Crippen molar-refractivity contribution in [1.82, 2.24) is 0 Å². The molecule has 7 heteroatoms. The molecule has 0 fully saturated rings. The lowest BCUT2D eigenvalue weighted by Gasteiger charge is -2.23. The molecule has 0 radical (unpaired) electrons. The molecular weight excluding hydrogens is 370 g/mol. The quantitative estimate of drug-likeness (QED) is 0.816. The number of ketones is 1. The van der Waals surface area contributed by atoms with Crippen LogP contribution in [0.3, 0.4) is 0 Å². The molecule has 0 aromatic heterocycles. The van der Waals surface area contributed by atoms with Crippen LogP contribution in [0.1, 0.15) is 29.3 Å². The Kier molecular flexibility index (Phi) is 4.32. The fourth-order valence-electron chi connectivity index (χ4n) is 3.56. The van der Waals surface area contributed by atoms with Crippen LogP contribution in [0.25, 0.3) is 0 Å². The fourth-order valence-corrected chi connectivity index (χ4v) is 3.73. The van der Waals surface area contributed by atoms with Gasteiger partial charge in [0.05, 0.1) is 12.1 Å². The number of aliphatic hydroxyl groups is 1. The van der Waals surface area contributed by atoms with Crippen LogP contribution in [0.5, 0.6) is 11.5 Å². The van der Waals surface area contributed by atoms with Crippen molar-refractivity contribution in [3.05, 3.63) is 52.5 Å². The highest BCUT2D eigenvalue weighted by atomic mass is 35.5. The molecule has 2 heterocycles. The number of likely N-dealkylation sites (N-methyl/N-ethyl adjacent to an activating group) is 1. The van der Waals surface area contributed by atoms with E-state index in [1.165, 1.54) is 4.90 Å². The maximum atomic E-state index is 12.9. The molecule has 0 bridgehead atoms. The number of fused-ring (bicyclic) bond motifs is 2. The maximum absolute atomic E-state index is 12.9. The zero-order valence-electron chi connectivity index (χ0n) is 14.7. The van der Waals surface area contributed by atoms with Crippen LogP contribution in [0.4, 0.5) is 5.69 Å². The number of rotatable bonds is 4. The highest BCUT2D eigenvalue weighted by Crippen LogP contribution is 2.44. The van der Waals surface area contributed by atoms with Crippen molar-refractivity contribution in [3.8, 4) is 11.5 Å². The van der Waals surface area contributed by atoms with E-state index in [2.05, 4.69) is 0 Å². The van der Waals surface area contributed by atoms with Crippen molar-refractivity contribution in [3.63, 3.8) is 0 Å². The van der Waals surface area contributed by atoms with Crippen LogP contribution in [0.15, 0.2) is 36.4 Å². The van der Waals surface area contributed by atoms with Gasteiger partial charge in [0.1, 0.15) is 13.2 Å². The molecule has 2 aromatic carbocycles. The number of ether oxygens (including phenoxy) is 2. The van der Waals surface area contributed by atoms with Crippen LogP contribution >= 0.6 is 11.6 Å². The summed E-state index contributed by atoms with van der Waals surface area (Å²) in [7, 11) is 0. The van der Waals surface area contributed by atoms with E-state index < -0.39 is 11.5 Å². The molecule has 1 amide bonds. The van der Waals surface area contributed by atoms with Gasteiger partial charge in [-0.2, -0.15) is 0 Å². The molecule has 140 valence electrons. The van der Waals surface area contributed by atoms with E-state index in [0.717, 1.165) is 0 Å². The first-order valence-electron chi connectivity index (χ1n) is 8.71. The summed E-state index contributed by atoms with van der Waals surface area (Å²) in [6, 6.07) is 9.73. The lowest BCUT2D eigenvalue weighted by atomic mass is 9.88. The van der Waals surface area contributed by atoms with Gasteiger partial charge in [0.2, 0.25) is 0 Å². The Hall–Kier alpha value is -2.57. The third kappa shape index (κ3) is 2.85. The van der Waals surface area contributed by atoms with Crippen molar-refractivity contribution >= 4 is 29.0 Å². The summed E-state index contributed by atoms with van der Waals surface area (Å²) in [6.07, 6.45) is -0.380. The molecule has 6 nitrogen and oxygen atoms in total. The maximum Gasteiger partial charge on any atom is 0.264 e. The van der Waals surface area contributed by atoms with Gasteiger partial charge in [-0.25, -0.2) is 0 Å². The molecule has 0 unspecified atom stereocenters. The van der Waals surface area contributed by atoms with Gasteiger partial charge in [0.15, 0.2) is 22.9 Å². The summed E-state index contributed by atoms with van der Waals surface area (Å²) >= 11 is 6.07. The fraction of sp³-hybridized carbons (Fsp3) is 0.300. The number of nitrogens with zero attached hydrogens (tertiary/aromatic N) is 1. The number of hydrogen-bond acceptors (Lipinski definition) is 5. The van der Waals surface area contributed by atoms with E-state index in [9.17, 15) is 14.7 Å². The van der Waals surface area contributed by atoms with Crippen molar-refractivity contribution in [2.45, 2.75) is 18.9 Å². The standard InChI is InChI=1S/C20H18ClNO5/c1-2-22-15-5-4-13(21)10-14(15)20(25,19(22)24)11-16(23)12-3-6-17-18(9-12)27-8-7-26-17/h3-6,9-10,25H,2,7-8,11H2,1H3/t20-/m0/s1. The van der Waals surface area contributed by atoms with E-state index in [0.29, 0.717) is 53.1 Å². The molecule has 0 aliphatic carbocycles. The molecule has 0 saturated heterocycles. The second kappa shape index (κ2) is 6.55. The van der Waals surface area contributed by atoms with Gasteiger partial charge in [0.25, 0.3) is 5.91 Å². The average Bonchev–Trinajstić information content (AvgIpc) is 2.88. The first-order valence-corrected chi connectivity index (χ1v) is 9.09. The highest BCUT2D eigenvalue weighted by Gasteiger charge is 2.50. The zero-order valence-corrected chi connectivity index (χ0v) is 15.5. The minimum absolute atomic E-state index is 0.346. The molecule has 1 atom stereocenters. The van der Waals surface area contributed by atoms with Gasteiger partial charge >= 0.3 is 0 Å². The van der Waals surface area contributed by atoms with Crippen LogP contribution in [0.2, 0.25) is 5.02 Å². The summed E-state index contributed by atoms with van der Waals surface area (Å²) in [4.78, 5) is 27.2. The molecule has 27 heavy (non-hydrogen) atoms. The van der Waals surface area contributed by atoms with Crippen LogP contribution in [0, 0.1) is 0 Å². The lowest BCUT2D eigenvalue weighted by molar-refractivity contribution is -0.135. The Morgan fingerprint density at radius 1 is 1.19 bits per heavy atom. The first-order chi connectivity index (χ1) is 12.9. The molecule has 0 spiro atoms. The molecule has 4 rings (SSSR count). The summed E-state index contributed by atoms with van der Waals surface area (Å²) in [5.41, 5.74) is -0.670. The second-order valence-corrected chi connectivity index (χ2v) is 6.97. The van der Waals surface area contributed by atoms with Crippen molar-refractivity contribution in [1.29, 1.82) is 0 Å². The minimum Gasteiger partial charge on any atom is -0.486 e. The number of carbonyl (C=O) groups is 2. The number of Topliss-reactive ketones (excluding diaryl/α,β-unsaturated/α-hetero) is 1. The van der Waals surface area contributed by atoms with Gasteiger partial charge in [0, 0.05) is 22.7 Å². The lowest BCUT2D eigenvalue weighted by Crippen LogP contribution is -2.41. The predicted octanol–water partition coefficient (Wildman–Crippen LogP) is 2.94. The number of amides is 1. The number of hydrogen-bond donors (Lipinski definition) is 1. The Bertz CT molecular complexity index is 944. The average molecular weight is 388 g/mol. The molecule has 2 aromatic rings. The Morgan fingerprint density at radius 3 is 2.67 bits per heavy atom. The monoisotopic (exact) mass is 387 g/mol. The molecular formula is C20H18ClNO5. The predicted molar refractivity (Wildman–Crippen MR) is 99.8 cm³/mol. The van der Waals surface area contributed by atoms with Crippen LogP contribution in [-0.4, -0.2) is 36.6 Å². The van der Waals surface area contributed by atoms with E-state index in [1.54, 1.807) is 36.4 Å². The largest absolute Gasteiger partial charge is 0.486 e. The Morgan fingerprint density at radius 2 is 1.93 bits per heavy atom. The molecule has 2 aliphatic heterocycles. The second-order valence-electron chi connectivity index (χ2n) is 6.53. The van der Waals surface area contributed by atoms with Crippen molar-refractivity contribution in [2.24, 2.45) is 0 Å². The Labute approximate surface area is 161 Å². The van der Waals surface area contributed by atoms with Gasteiger partial charge < -0.3 is 19.5 Å². The van der Waals surface area contributed by atoms with E-state index in [4.69, 9.17) is 21.1 Å². The Balaban J connectivity index is 1.68. The minimum atomic E-state index is -1.94. The zero-order chi connectivity index (χ0) is 19.2. The van der Waals surface area contributed by atoms with Crippen LogP contribution < -0.4 is 14.4 Å². The van der Waals surface area contributed by atoms with E-state index >= 15 is 0 Å². The van der Waals surface area contributed by atoms with E-state index in [-0.39, 0.29) is 12.2 Å². The SMILES string of the molecule is CCN1C(=O)[C@](O)(CC(=O)c2ccc3c(c2)OCCO3)c2cc(Cl)ccc21. The third-order valence-electron chi connectivity index (χ3n) is 4.89. The smallest absolute Gasteiger partial charge is 0.264 e. The molecule has 0 saturated carbocycles. The summed E-state index contributed by atoms with van der Waals surface area (Å²) in [5.74, 6) is 0.165. The number of halogens is 1. The van der Waals surface area contributed by atoms with Gasteiger partial charge in [-0.3, -0.25) is 9.59 Å². The molecule has 1 N–H and O–H groups in total. The molecule has 2 aliphatic rings. The normalized spacial score (nSPS) is 20.6. The number of benzene rings is 2. The first kappa shape index (κ1) is 17.8. The number of anilines is 1. The van der Waals surface area contributed by atoms with Crippen molar-refractivity contribution < 1.29 is 24.2 Å². The van der Waals surface area contributed by atoms with Gasteiger partial charge in [-0.1, -0.05) is 11.6 Å². The summed E-state index contributed by atoms with van der Waals surface area (Å²) in [6.45, 7) is 3.06. The van der Waals surface area contributed by atoms with Gasteiger partial charge in [-0.15, -0.1) is 0 Å². The topological polar surface area (TPSA) is 76.1 Å². The number of carbonyl (C=O) groups excluding carboxylic acids is 2.